The third-order valence-electron chi connectivity index (χ3n) is 5.17. The van der Waals surface area contributed by atoms with Gasteiger partial charge in [-0.3, -0.25) is 9.59 Å². The van der Waals surface area contributed by atoms with Crippen molar-refractivity contribution in [1.29, 1.82) is 0 Å². The third-order valence-corrected chi connectivity index (χ3v) is 5.75. The number of esters is 1. The first kappa shape index (κ1) is 24.1. The van der Waals surface area contributed by atoms with Gasteiger partial charge in [-0.2, -0.15) is 0 Å². The molecule has 0 spiro atoms. The Morgan fingerprint density at radius 2 is 1.63 bits per heavy atom. The lowest BCUT2D eigenvalue weighted by Gasteiger charge is -2.18. The number of aryl methyl sites for hydroxylation is 1. The van der Waals surface area contributed by atoms with Crippen molar-refractivity contribution in [3.63, 3.8) is 0 Å². The summed E-state index contributed by atoms with van der Waals surface area (Å²) in [5, 5.41) is 2.86. The lowest BCUT2D eigenvalue weighted by molar-refractivity contribution is -0.120. The maximum absolute atomic E-state index is 13.1. The van der Waals surface area contributed by atoms with Crippen molar-refractivity contribution in [1.82, 2.24) is 0 Å². The molecule has 0 fully saturated rings. The second-order valence-electron chi connectivity index (χ2n) is 7.58. The second kappa shape index (κ2) is 9.69. The molecule has 10 heteroatoms. The van der Waals surface area contributed by atoms with E-state index < -0.39 is 17.8 Å². The number of halogens is 2. The van der Waals surface area contributed by atoms with Crippen molar-refractivity contribution in [2.45, 2.75) is 6.92 Å². The van der Waals surface area contributed by atoms with Gasteiger partial charge in [0.15, 0.2) is 5.75 Å². The van der Waals surface area contributed by atoms with Gasteiger partial charge in [0.1, 0.15) is 16.5 Å². The Kier molecular flexibility index (Phi) is 6.68. The average molecular weight is 512 g/mol. The first-order valence-electron chi connectivity index (χ1n) is 10.3. The van der Waals surface area contributed by atoms with E-state index in [1.165, 1.54) is 25.3 Å². The van der Waals surface area contributed by atoms with E-state index in [2.05, 4.69) is 5.32 Å². The van der Waals surface area contributed by atoms with E-state index in [4.69, 9.17) is 38.4 Å². The monoisotopic (exact) mass is 511 g/mol. The summed E-state index contributed by atoms with van der Waals surface area (Å²) in [7, 11) is 1.41. The van der Waals surface area contributed by atoms with Crippen LogP contribution < -0.4 is 25.4 Å². The number of carbonyl (C=O) groups is 3. The number of hydrogen-bond donors (Lipinski definition) is 2. The smallest absolute Gasteiger partial charge is 0.343 e. The van der Waals surface area contributed by atoms with Crippen molar-refractivity contribution in [3.05, 3.63) is 87.5 Å². The number of nitrogens with one attached hydrogen (secondary N) is 1. The topological polar surface area (TPSA) is 111 Å². The number of benzene rings is 3. The molecule has 0 unspecified atom stereocenters. The van der Waals surface area contributed by atoms with Crippen LogP contribution in [0.5, 0.6) is 11.5 Å². The molecule has 0 bridgehead atoms. The minimum atomic E-state index is -0.726. The summed E-state index contributed by atoms with van der Waals surface area (Å²) in [4.78, 5) is 39.2. The molecule has 0 saturated heterocycles. The number of carbonyl (C=O) groups excluding carboxylic acids is 3. The summed E-state index contributed by atoms with van der Waals surface area (Å²) in [6.45, 7) is 1.88. The van der Waals surface area contributed by atoms with Gasteiger partial charge in [-0.1, -0.05) is 29.3 Å². The summed E-state index contributed by atoms with van der Waals surface area (Å²) >= 11 is 12.2. The number of anilines is 3. The fraction of sp³-hybridized carbons (Fsp3) is 0.0800. The van der Waals surface area contributed by atoms with Gasteiger partial charge in [-0.25, -0.2) is 9.69 Å². The Morgan fingerprint density at radius 3 is 2.29 bits per heavy atom. The average Bonchev–Trinajstić information content (AvgIpc) is 3.04. The predicted octanol–water partition coefficient (Wildman–Crippen LogP) is 4.89. The van der Waals surface area contributed by atoms with Gasteiger partial charge in [0.05, 0.1) is 24.0 Å². The predicted molar refractivity (Wildman–Crippen MR) is 134 cm³/mol. The highest BCUT2D eigenvalue weighted by atomic mass is 35.5. The van der Waals surface area contributed by atoms with Gasteiger partial charge in [0.25, 0.3) is 11.8 Å². The molecule has 0 radical (unpaired) electrons. The van der Waals surface area contributed by atoms with Crippen LogP contribution in [0.1, 0.15) is 15.9 Å². The van der Waals surface area contributed by atoms with Crippen molar-refractivity contribution >= 4 is 58.0 Å². The minimum Gasteiger partial charge on any atom is -0.495 e. The van der Waals surface area contributed by atoms with E-state index in [1.54, 1.807) is 42.5 Å². The van der Waals surface area contributed by atoms with Gasteiger partial charge in [0, 0.05) is 10.7 Å². The lowest BCUT2D eigenvalue weighted by Crippen LogP contribution is -2.32. The molecule has 1 aliphatic heterocycles. The fourth-order valence-corrected chi connectivity index (χ4v) is 3.80. The van der Waals surface area contributed by atoms with Gasteiger partial charge < -0.3 is 20.5 Å². The molecule has 2 amide bonds. The van der Waals surface area contributed by atoms with Crippen LogP contribution in [0.2, 0.25) is 5.02 Å². The number of imide groups is 1. The lowest BCUT2D eigenvalue weighted by atomic mass is 10.2. The van der Waals surface area contributed by atoms with E-state index in [9.17, 15) is 14.4 Å². The molecule has 3 aromatic carbocycles. The molecule has 0 atom stereocenters. The van der Waals surface area contributed by atoms with Crippen LogP contribution in [-0.2, 0) is 9.59 Å². The largest absolute Gasteiger partial charge is 0.495 e. The summed E-state index contributed by atoms with van der Waals surface area (Å²) in [5.74, 6) is -1.48. The molecule has 35 heavy (non-hydrogen) atoms. The Bertz CT molecular complexity index is 1390. The van der Waals surface area contributed by atoms with E-state index >= 15 is 0 Å². The minimum absolute atomic E-state index is 0.124. The van der Waals surface area contributed by atoms with E-state index in [1.807, 2.05) is 6.92 Å². The Morgan fingerprint density at radius 1 is 0.943 bits per heavy atom. The molecule has 1 aliphatic rings. The van der Waals surface area contributed by atoms with Crippen LogP contribution in [-0.4, -0.2) is 24.9 Å². The molecule has 4 rings (SSSR count). The van der Waals surface area contributed by atoms with E-state index in [0.29, 0.717) is 16.4 Å². The summed E-state index contributed by atoms with van der Waals surface area (Å²) in [6.07, 6.45) is 0. The molecular formula is C25H19Cl2N3O5. The normalized spacial score (nSPS) is 13.3. The zero-order valence-corrected chi connectivity index (χ0v) is 20.1. The van der Waals surface area contributed by atoms with Crippen LogP contribution in [0.3, 0.4) is 0 Å². The van der Waals surface area contributed by atoms with E-state index in [0.717, 1.165) is 10.5 Å². The Hall–Kier alpha value is -4.01. The highest BCUT2D eigenvalue weighted by Gasteiger charge is 2.40. The Labute approximate surface area is 210 Å². The van der Waals surface area contributed by atoms with Gasteiger partial charge in [0.2, 0.25) is 0 Å². The highest BCUT2D eigenvalue weighted by molar-refractivity contribution is 6.53. The summed E-state index contributed by atoms with van der Waals surface area (Å²) in [6, 6.07) is 15.8. The van der Waals surface area contributed by atoms with Crippen LogP contribution in [0.15, 0.2) is 71.4 Å². The van der Waals surface area contributed by atoms with Crippen LogP contribution >= 0.6 is 23.2 Å². The van der Waals surface area contributed by atoms with Crippen molar-refractivity contribution < 1.29 is 23.9 Å². The summed E-state index contributed by atoms with van der Waals surface area (Å²) < 4.78 is 10.6. The number of nitrogen functional groups attached to an aromatic ring is 1. The van der Waals surface area contributed by atoms with Crippen molar-refractivity contribution in [2.24, 2.45) is 0 Å². The number of ether oxygens (including phenoxy) is 2. The molecule has 3 aromatic rings. The zero-order chi connectivity index (χ0) is 25.3. The fourth-order valence-electron chi connectivity index (χ4n) is 3.42. The Balaban J connectivity index is 1.51. The van der Waals surface area contributed by atoms with Crippen LogP contribution in [0.4, 0.5) is 17.1 Å². The quantitative estimate of drug-likeness (QED) is 0.209. The number of amides is 2. The number of nitrogens with zero attached hydrogens (tertiary/aromatic N) is 1. The molecular weight excluding hydrogens is 493 g/mol. The van der Waals surface area contributed by atoms with Crippen LogP contribution in [0.25, 0.3) is 0 Å². The standard InChI is InChI=1S/C25H19Cl2N3O5/c1-13-3-9-19(17(28)11-13)35-25(33)14-4-7-16(8-5-14)29-22-21(27)23(31)30(24(22)32)18-12-15(26)6-10-20(18)34-2/h3-12,29H,28H2,1-2H3. The maximum Gasteiger partial charge on any atom is 0.343 e. The zero-order valence-electron chi connectivity index (χ0n) is 18.6. The van der Waals surface area contributed by atoms with E-state index in [-0.39, 0.29) is 33.5 Å². The van der Waals surface area contributed by atoms with Crippen LogP contribution in [0, 0.1) is 6.92 Å². The third kappa shape index (κ3) is 4.80. The number of rotatable bonds is 6. The van der Waals surface area contributed by atoms with Crippen molar-refractivity contribution in [2.75, 3.05) is 23.1 Å². The molecule has 0 aliphatic carbocycles. The first-order chi connectivity index (χ1) is 16.7. The SMILES string of the molecule is COc1ccc(Cl)cc1N1C(=O)C(Cl)=C(Nc2ccc(C(=O)Oc3ccc(C)cc3N)cc2)C1=O. The highest BCUT2D eigenvalue weighted by Crippen LogP contribution is 2.37. The van der Waals surface area contributed by atoms with Gasteiger partial charge in [-0.05, 0) is 67.1 Å². The van der Waals surface area contributed by atoms with Crippen molar-refractivity contribution in [3.8, 4) is 11.5 Å². The number of nitrogens with two attached hydrogens (primary N) is 1. The molecule has 1 heterocycles. The van der Waals surface area contributed by atoms with Gasteiger partial charge >= 0.3 is 5.97 Å². The molecule has 178 valence electrons. The molecule has 0 aromatic heterocycles. The molecule has 0 saturated carbocycles. The first-order valence-corrected chi connectivity index (χ1v) is 11.0. The summed E-state index contributed by atoms with van der Waals surface area (Å²) in [5.41, 5.74) is 7.91. The van der Waals surface area contributed by atoms with Gasteiger partial charge in [-0.15, -0.1) is 0 Å². The number of hydrogen-bond acceptors (Lipinski definition) is 7. The molecule has 3 N–H and O–H groups in total. The number of methoxy groups -OCH3 is 1. The second-order valence-corrected chi connectivity index (χ2v) is 8.40. The molecule has 8 nitrogen and oxygen atoms in total. The maximum atomic E-state index is 13.1.